The fourth-order valence-corrected chi connectivity index (χ4v) is 3.09. The van der Waals surface area contributed by atoms with Crippen molar-refractivity contribution in [3.05, 3.63) is 28.5 Å². The van der Waals surface area contributed by atoms with Gasteiger partial charge in [0.05, 0.1) is 28.5 Å². The fraction of sp³-hybridized carbons (Fsp3) is 0.385. The van der Waals surface area contributed by atoms with Gasteiger partial charge in [-0.3, -0.25) is 0 Å². The predicted octanol–water partition coefficient (Wildman–Crippen LogP) is 2.90. The maximum atomic E-state index is 6.36. The van der Waals surface area contributed by atoms with Crippen LogP contribution in [0.5, 0.6) is 0 Å². The van der Waals surface area contributed by atoms with E-state index in [1.54, 1.807) is 10.7 Å². The summed E-state index contributed by atoms with van der Waals surface area (Å²) in [7, 11) is 0. The second kappa shape index (κ2) is 5.67. The number of hydrogen-bond donors (Lipinski definition) is 1. The molecule has 2 heterocycles. The molecule has 0 aliphatic heterocycles. The first-order valence-corrected chi connectivity index (χ1v) is 7.89. The van der Waals surface area contributed by atoms with Gasteiger partial charge < -0.3 is 5.73 Å². The molecule has 6 nitrogen and oxygen atoms in total. The van der Waals surface area contributed by atoms with E-state index in [9.17, 15) is 0 Å². The van der Waals surface area contributed by atoms with Gasteiger partial charge in [0.2, 0.25) is 0 Å². The Balaban J connectivity index is 2.26. The van der Waals surface area contributed by atoms with Crippen molar-refractivity contribution in [2.24, 2.45) is 5.73 Å². The van der Waals surface area contributed by atoms with Crippen molar-refractivity contribution in [1.29, 1.82) is 0 Å². The van der Waals surface area contributed by atoms with Crippen molar-refractivity contribution < 1.29 is 0 Å². The zero-order valence-corrected chi connectivity index (χ0v) is 13.3. The zero-order valence-electron chi connectivity index (χ0n) is 11.7. The van der Waals surface area contributed by atoms with Crippen LogP contribution in [-0.4, -0.2) is 23.7 Å². The van der Waals surface area contributed by atoms with Gasteiger partial charge in [-0.1, -0.05) is 30.7 Å². The number of hydrogen-bond acceptors (Lipinski definition) is 6. The number of nitrogens with two attached hydrogens (primary N) is 1. The molecule has 2 aromatic heterocycles. The monoisotopic (exact) mass is 322 g/mol. The van der Waals surface area contributed by atoms with Crippen LogP contribution in [0.3, 0.4) is 0 Å². The van der Waals surface area contributed by atoms with Gasteiger partial charge in [-0.25, -0.2) is 4.68 Å². The Labute approximate surface area is 131 Å². The first-order valence-electron chi connectivity index (χ1n) is 6.78. The van der Waals surface area contributed by atoms with Gasteiger partial charge in [0.15, 0.2) is 0 Å². The minimum absolute atomic E-state index is 0.125. The molecule has 110 valence electrons. The Bertz CT molecular complexity index is 780. The Morgan fingerprint density at radius 3 is 2.86 bits per heavy atom. The molecule has 8 heteroatoms. The van der Waals surface area contributed by atoms with Crippen molar-refractivity contribution in [3.8, 4) is 5.69 Å². The van der Waals surface area contributed by atoms with Gasteiger partial charge in [0.1, 0.15) is 22.4 Å². The van der Waals surface area contributed by atoms with Crippen LogP contribution in [0.1, 0.15) is 37.7 Å². The van der Waals surface area contributed by atoms with Crippen LogP contribution in [0.15, 0.2) is 12.1 Å². The van der Waals surface area contributed by atoms with E-state index in [1.165, 1.54) is 0 Å². The second-order valence-electron chi connectivity index (χ2n) is 4.73. The number of halogens is 1. The topological polar surface area (TPSA) is 82.5 Å². The third-order valence-corrected chi connectivity index (χ3v) is 4.33. The molecular formula is C13H15ClN6S. The highest BCUT2D eigenvalue weighted by Crippen LogP contribution is 2.30. The Morgan fingerprint density at radius 2 is 2.14 bits per heavy atom. The average Bonchev–Trinajstić information content (AvgIpc) is 3.12. The standard InChI is InChI=1S/C13H15ClN6S/c1-3-8(15)11-10(4-2)20(19-16-11)13-7(14)5-6-9-12(13)18-21-17-9/h5-6,8H,3-4,15H2,1-2H3. The zero-order chi connectivity index (χ0) is 15.0. The summed E-state index contributed by atoms with van der Waals surface area (Å²) in [5.41, 5.74) is 10.2. The minimum atomic E-state index is -0.125. The summed E-state index contributed by atoms with van der Waals surface area (Å²) in [5.74, 6) is 0. The largest absolute Gasteiger partial charge is 0.323 e. The lowest BCUT2D eigenvalue weighted by Gasteiger charge is -2.10. The summed E-state index contributed by atoms with van der Waals surface area (Å²) in [6, 6.07) is 3.54. The summed E-state index contributed by atoms with van der Waals surface area (Å²) in [6.07, 6.45) is 1.57. The number of rotatable bonds is 4. The van der Waals surface area contributed by atoms with Crippen molar-refractivity contribution >= 4 is 34.4 Å². The maximum Gasteiger partial charge on any atom is 0.132 e. The SMILES string of the molecule is CCc1c(C(N)CC)nnn1-c1c(Cl)ccc2nsnc12. The molecule has 1 aromatic carbocycles. The Morgan fingerprint density at radius 1 is 1.33 bits per heavy atom. The summed E-state index contributed by atoms with van der Waals surface area (Å²) in [5, 5.41) is 9.08. The predicted molar refractivity (Wildman–Crippen MR) is 83.9 cm³/mol. The first-order chi connectivity index (χ1) is 10.2. The van der Waals surface area contributed by atoms with Gasteiger partial charge >= 0.3 is 0 Å². The maximum absolute atomic E-state index is 6.36. The van der Waals surface area contributed by atoms with E-state index in [-0.39, 0.29) is 6.04 Å². The van der Waals surface area contributed by atoms with E-state index in [0.717, 1.165) is 52.7 Å². The molecule has 0 spiro atoms. The number of benzene rings is 1. The van der Waals surface area contributed by atoms with Crippen molar-refractivity contribution in [2.45, 2.75) is 32.7 Å². The molecule has 0 saturated heterocycles. The smallest absolute Gasteiger partial charge is 0.132 e. The molecular weight excluding hydrogens is 308 g/mol. The lowest BCUT2D eigenvalue weighted by atomic mass is 10.1. The molecule has 0 amide bonds. The lowest BCUT2D eigenvalue weighted by Crippen LogP contribution is -2.12. The Hall–Kier alpha value is -1.57. The summed E-state index contributed by atoms with van der Waals surface area (Å²) >= 11 is 7.52. The molecule has 0 saturated carbocycles. The quantitative estimate of drug-likeness (QED) is 0.798. The minimum Gasteiger partial charge on any atom is -0.323 e. The summed E-state index contributed by atoms with van der Waals surface area (Å²) in [6.45, 7) is 4.08. The van der Waals surface area contributed by atoms with Crippen LogP contribution in [0, 0.1) is 0 Å². The third-order valence-electron chi connectivity index (χ3n) is 3.48. The van der Waals surface area contributed by atoms with Crippen LogP contribution < -0.4 is 5.73 Å². The van der Waals surface area contributed by atoms with Crippen molar-refractivity contribution in [2.75, 3.05) is 0 Å². The molecule has 0 fully saturated rings. The third kappa shape index (κ3) is 2.31. The first kappa shape index (κ1) is 14.4. The van der Waals surface area contributed by atoms with Crippen LogP contribution >= 0.6 is 23.3 Å². The van der Waals surface area contributed by atoms with Crippen LogP contribution in [0.2, 0.25) is 5.02 Å². The van der Waals surface area contributed by atoms with E-state index < -0.39 is 0 Å². The molecule has 3 rings (SSSR count). The highest BCUT2D eigenvalue weighted by molar-refractivity contribution is 7.00. The van der Waals surface area contributed by atoms with E-state index in [2.05, 4.69) is 26.0 Å². The van der Waals surface area contributed by atoms with Gasteiger partial charge in [-0.05, 0) is 25.0 Å². The molecule has 0 aliphatic rings. The van der Waals surface area contributed by atoms with Crippen LogP contribution in [0.25, 0.3) is 16.7 Å². The van der Waals surface area contributed by atoms with E-state index in [4.69, 9.17) is 17.3 Å². The molecule has 2 N–H and O–H groups in total. The van der Waals surface area contributed by atoms with E-state index in [0.29, 0.717) is 5.02 Å². The molecule has 1 unspecified atom stereocenters. The molecule has 3 aromatic rings. The van der Waals surface area contributed by atoms with Crippen LogP contribution in [0.4, 0.5) is 0 Å². The molecule has 0 aliphatic carbocycles. The Kier molecular flexibility index (Phi) is 3.88. The second-order valence-corrected chi connectivity index (χ2v) is 5.67. The summed E-state index contributed by atoms with van der Waals surface area (Å²) in [4.78, 5) is 0. The van der Waals surface area contributed by atoms with E-state index >= 15 is 0 Å². The lowest BCUT2D eigenvalue weighted by molar-refractivity contribution is 0.665. The van der Waals surface area contributed by atoms with Crippen molar-refractivity contribution in [3.63, 3.8) is 0 Å². The molecule has 21 heavy (non-hydrogen) atoms. The van der Waals surface area contributed by atoms with Gasteiger partial charge in [0, 0.05) is 0 Å². The summed E-state index contributed by atoms with van der Waals surface area (Å²) < 4.78 is 10.3. The molecule has 0 bridgehead atoms. The van der Waals surface area contributed by atoms with Gasteiger partial charge in [0.25, 0.3) is 0 Å². The van der Waals surface area contributed by atoms with Gasteiger partial charge in [-0.2, -0.15) is 8.75 Å². The molecule has 0 radical (unpaired) electrons. The highest BCUT2D eigenvalue weighted by atomic mass is 35.5. The number of nitrogens with zero attached hydrogens (tertiary/aromatic N) is 5. The van der Waals surface area contributed by atoms with Gasteiger partial charge in [-0.15, -0.1) is 5.10 Å². The average molecular weight is 323 g/mol. The number of fused-ring (bicyclic) bond motifs is 1. The van der Waals surface area contributed by atoms with Crippen molar-refractivity contribution in [1.82, 2.24) is 23.7 Å². The highest BCUT2D eigenvalue weighted by Gasteiger charge is 2.21. The molecule has 1 atom stereocenters. The number of aromatic nitrogens is 5. The van der Waals surface area contributed by atoms with E-state index in [1.807, 2.05) is 13.0 Å². The normalized spacial score (nSPS) is 13.0. The van der Waals surface area contributed by atoms with Crippen LogP contribution in [-0.2, 0) is 6.42 Å². The fourth-order valence-electron chi connectivity index (χ4n) is 2.32.